The summed E-state index contributed by atoms with van der Waals surface area (Å²) in [6.45, 7) is 3.31. The predicted molar refractivity (Wildman–Crippen MR) is 81.4 cm³/mol. The van der Waals surface area contributed by atoms with Gasteiger partial charge in [-0.15, -0.1) is 0 Å². The first-order chi connectivity index (χ1) is 9.69. The van der Waals surface area contributed by atoms with E-state index in [0.29, 0.717) is 11.1 Å². The van der Waals surface area contributed by atoms with E-state index in [1.54, 1.807) is 13.8 Å². The fourth-order valence-electron chi connectivity index (χ4n) is 1.36. The van der Waals surface area contributed by atoms with Crippen molar-refractivity contribution < 1.29 is 13.2 Å². The Balaban J connectivity index is 2.92. The van der Waals surface area contributed by atoms with Gasteiger partial charge in [0.2, 0.25) is 0 Å². The van der Waals surface area contributed by atoms with E-state index in [2.05, 4.69) is 22.1 Å². The molecule has 0 atom stereocenters. The maximum absolute atomic E-state index is 12.2. The van der Waals surface area contributed by atoms with Crippen molar-refractivity contribution in [2.75, 3.05) is 19.3 Å². The number of sulfone groups is 1. The number of carbonyl (C=O) groups excluding carboxylic acids is 1. The third-order valence-corrected chi connectivity index (χ3v) is 5.22. The molecule has 0 bridgehead atoms. The molecule has 1 heterocycles. The zero-order valence-corrected chi connectivity index (χ0v) is 13.1. The number of nitrogens with two attached hydrogens (primary N) is 1. The van der Waals surface area contributed by atoms with Crippen molar-refractivity contribution in [1.29, 1.82) is 0 Å². The van der Waals surface area contributed by atoms with Gasteiger partial charge in [-0.3, -0.25) is 9.78 Å². The molecule has 0 radical (unpaired) electrons. The molecule has 1 rings (SSSR count). The Morgan fingerprint density at radius 3 is 2.71 bits per heavy atom. The molecule has 0 aromatic carbocycles. The second kappa shape index (κ2) is 6.70. The smallest absolute Gasteiger partial charge is 0.252 e. The molecule has 7 heteroatoms. The topological polar surface area (TPSA) is 102 Å². The van der Waals surface area contributed by atoms with E-state index in [1.165, 1.54) is 18.5 Å². The zero-order valence-electron chi connectivity index (χ0n) is 12.3. The van der Waals surface area contributed by atoms with E-state index in [9.17, 15) is 13.2 Å². The maximum atomic E-state index is 12.2. The van der Waals surface area contributed by atoms with Crippen molar-refractivity contribution in [2.45, 2.75) is 18.6 Å². The third-order valence-electron chi connectivity index (χ3n) is 3.07. The zero-order chi connectivity index (χ0) is 16.1. The first kappa shape index (κ1) is 17.1. The van der Waals surface area contributed by atoms with Gasteiger partial charge in [-0.05, 0) is 19.9 Å². The molecular weight excluding hydrogens is 290 g/mol. The Hall–Kier alpha value is -1.91. The summed E-state index contributed by atoms with van der Waals surface area (Å²) < 4.78 is 22.2. The molecule has 114 valence electrons. The summed E-state index contributed by atoms with van der Waals surface area (Å²) in [4.78, 5) is 16.1. The van der Waals surface area contributed by atoms with Crippen LogP contribution in [-0.4, -0.2) is 43.4 Å². The molecule has 1 amide bonds. The summed E-state index contributed by atoms with van der Waals surface area (Å²) in [7, 11) is -3.28. The molecule has 1 aromatic heterocycles. The molecule has 6 nitrogen and oxygen atoms in total. The van der Waals surface area contributed by atoms with Gasteiger partial charge in [0.15, 0.2) is 9.84 Å². The van der Waals surface area contributed by atoms with E-state index in [4.69, 9.17) is 5.73 Å². The molecule has 0 aliphatic carbocycles. The standard InChI is InChI=1S/C14H19N3O3S/c1-14(2,21(3,19)20)10-17-13(18)12-6-8-16-9-11(12)5-4-7-15/h6,8-9H,7,10,15H2,1-3H3,(H,17,18). The SMILES string of the molecule is CC(C)(CNC(=O)c1ccncc1C#CCN)S(C)(=O)=O. The minimum Gasteiger partial charge on any atom is -0.350 e. The predicted octanol–water partition coefficient (Wildman–Crippen LogP) is -0.0552. The van der Waals surface area contributed by atoms with Gasteiger partial charge in [-0.1, -0.05) is 11.8 Å². The number of hydrogen-bond donors (Lipinski definition) is 2. The minimum atomic E-state index is -3.28. The quantitative estimate of drug-likeness (QED) is 0.759. The Morgan fingerprint density at radius 2 is 2.14 bits per heavy atom. The van der Waals surface area contributed by atoms with Gasteiger partial charge < -0.3 is 11.1 Å². The van der Waals surface area contributed by atoms with Gasteiger partial charge >= 0.3 is 0 Å². The molecule has 0 saturated heterocycles. The van der Waals surface area contributed by atoms with E-state index < -0.39 is 20.5 Å². The minimum absolute atomic E-state index is 0.0107. The average Bonchev–Trinajstić information content (AvgIpc) is 2.41. The number of hydrogen-bond acceptors (Lipinski definition) is 5. The lowest BCUT2D eigenvalue weighted by Gasteiger charge is -2.22. The van der Waals surface area contributed by atoms with Gasteiger partial charge in [0.25, 0.3) is 5.91 Å². The van der Waals surface area contributed by atoms with Crippen LogP contribution >= 0.6 is 0 Å². The Labute approximate surface area is 125 Å². The van der Waals surface area contributed by atoms with Crippen molar-refractivity contribution in [3.8, 4) is 11.8 Å². The fraction of sp³-hybridized carbons (Fsp3) is 0.429. The molecule has 0 aliphatic heterocycles. The highest BCUT2D eigenvalue weighted by Gasteiger charge is 2.30. The molecular formula is C14H19N3O3S. The summed E-state index contributed by atoms with van der Waals surface area (Å²) in [5.74, 6) is 5.03. The average molecular weight is 309 g/mol. The molecule has 0 saturated carbocycles. The highest BCUT2D eigenvalue weighted by atomic mass is 32.2. The molecule has 0 aliphatic rings. The fourth-order valence-corrected chi connectivity index (χ4v) is 1.69. The van der Waals surface area contributed by atoms with E-state index in [0.717, 1.165) is 6.26 Å². The van der Waals surface area contributed by atoms with Gasteiger partial charge in [0.1, 0.15) is 0 Å². The van der Waals surface area contributed by atoms with Crippen molar-refractivity contribution in [3.05, 3.63) is 29.6 Å². The van der Waals surface area contributed by atoms with Crippen LogP contribution in [0.3, 0.4) is 0 Å². The number of nitrogens with zero attached hydrogens (tertiary/aromatic N) is 1. The lowest BCUT2D eigenvalue weighted by Crippen LogP contribution is -2.43. The molecule has 0 unspecified atom stereocenters. The Bertz CT molecular complexity index is 685. The Morgan fingerprint density at radius 1 is 1.48 bits per heavy atom. The normalized spacial score (nSPS) is 11.4. The number of nitrogens with one attached hydrogen (secondary N) is 1. The summed E-state index contributed by atoms with van der Waals surface area (Å²) in [5.41, 5.74) is 6.10. The van der Waals surface area contributed by atoms with Crippen LogP contribution in [0.5, 0.6) is 0 Å². The van der Waals surface area contributed by atoms with Gasteiger partial charge in [0, 0.05) is 25.2 Å². The van der Waals surface area contributed by atoms with Crippen molar-refractivity contribution in [3.63, 3.8) is 0 Å². The van der Waals surface area contributed by atoms with Gasteiger partial charge in [0.05, 0.1) is 22.4 Å². The van der Waals surface area contributed by atoms with Crippen LogP contribution in [0, 0.1) is 11.8 Å². The number of rotatable bonds is 4. The van der Waals surface area contributed by atoms with Crippen LogP contribution in [0.2, 0.25) is 0 Å². The summed E-state index contributed by atoms with van der Waals surface area (Å²) in [6.07, 6.45) is 4.09. The van der Waals surface area contributed by atoms with Crippen LogP contribution in [0.25, 0.3) is 0 Å². The van der Waals surface area contributed by atoms with Crippen molar-refractivity contribution in [1.82, 2.24) is 10.3 Å². The highest BCUT2D eigenvalue weighted by Crippen LogP contribution is 2.14. The second-order valence-electron chi connectivity index (χ2n) is 5.14. The number of pyridine rings is 1. The second-order valence-corrected chi connectivity index (χ2v) is 7.79. The molecule has 0 spiro atoms. The van der Waals surface area contributed by atoms with Crippen LogP contribution in [0.1, 0.15) is 29.8 Å². The van der Waals surface area contributed by atoms with Crippen molar-refractivity contribution in [2.24, 2.45) is 5.73 Å². The Kier molecular flexibility index (Phi) is 5.47. The third kappa shape index (κ3) is 4.55. The largest absolute Gasteiger partial charge is 0.350 e. The highest BCUT2D eigenvalue weighted by molar-refractivity contribution is 7.92. The molecule has 3 N–H and O–H groups in total. The molecule has 21 heavy (non-hydrogen) atoms. The van der Waals surface area contributed by atoms with Gasteiger partial charge in [-0.2, -0.15) is 0 Å². The summed E-state index contributed by atoms with van der Waals surface area (Å²) in [6, 6.07) is 1.53. The first-order valence-corrected chi connectivity index (χ1v) is 8.19. The molecule has 0 fully saturated rings. The summed E-state index contributed by atoms with van der Waals surface area (Å²) in [5, 5.41) is 2.62. The number of amides is 1. The van der Waals surface area contributed by atoms with Crippen LogP contribution in [0.4, 0.5) is 0 Å². The van der Waals surface area contributed by atoms with Crippen LogP contribution in [0.15, 0.2) is 18.5 Å². The monoisotopic (exact) mass is 309 g/mol. The maximum Gasteiger partial charge on any atom is 0.252 e. The number of carbonyl (C=O) groups is 1. The van der Waals surface area contributed by atoms with Gasteiger partial charge in [-0.25, -0.2) is 8.42 Å². The first-order valence-electron chi connectivity index (χ1n) is 6.30. The lowest BCUT2D eigenvalue weighted by atomic mass is 10.1. The summed E-state index contributed by atoms with van der Waals surface area (Å²) >= 11 is 0. The van der Waals surface area contributed by atoms with E-state index in [-0.39, 0.29) is 13.1 Å². The van der Waals surface area contributed by atoms with E-state index >= 15 is 0 Å². The number of aromatic nitrogens is 1. The van der Waals surface area contributed by atoms with Crippen LogP contribution < -0.4 is 11.1 Å². The van der Waals surface area contributed by atoms with E-state index in [1.807, 2.05) is 0 Å². The van der Waals surface area contributed by atoms with Crippen molar-refractivity contribution >= 4 is 15.7 Å². The lowest BCUT2D eigenvalue weighted by molar-refractivity contribution is 0.0950. The molecule has 1 aromatic rings. The van der Waals surface area contributed by atoms with Crippen LogP contribution in [-0.2, 0) is 9.84 Å².